The standard InChI is InChI=1S/C16H26N4O2S/c1-16(2,3)23(22)11-8-19-15(21)13-4-9-20(10-5-13)14-12-17-6-7-18-14/h6-7,12-13H,4-5,8-11H2,1-3H3,(H,19,21)/t23-/m0/s1. The lowest BCUT2D eigenvalue weighted by atomic mass is 9.96. The van der Waals surface area contributed by atoms with Gasteiger partial charge in [-0.1, -0.05) is 0 Å². The molecule has 1 N–H and O–H groups in total. The minimum atomic E-state index is -0.927. The number of amides is 1. The number of piperidine rings is 1. The number of hydrogen-bond donors (Lipinski definition) is 1. The van der Waals surface area contributed by atoms with Crippen molar-refractivity contribution in [2.75, 3.05) is 30.3 Å². The lowest BCUT2D eigenvalue weighted by Gasteiger charge is -2.31. The Bertz CT molecular complexity index is 537. The number of hydrogen-bond acceptors (Lipinski definition) is 5. The van der Waals surface area contributed by atoms with Crippen molar-refractivity contribution in [2.45, 2.75) is 38.4 Å². The Labute approximate surface area is 140 Å². The summed E-state index contributed by atoms with van der Waals surface area (Å²) in [4.78, 5) is 22.7. The number of aromatic nitrogens is 2. The van der Waals surface area contributed by atoms with Gasteiger partial charge in [0.25, 0.3) is 0 Å². The van der Waals surface area contributed by atoms with Crippen LogP contribution in [0.5, 0.6) is 0 Å². The molecular formula is C16H26N4O2S. The summed E-state index contributed by atoms with van der Waals surface area (Å²) in [6, 6.07) is 0. The molecule has 6 nitrogen and oxygen atoms in total. The zero-order valence-corrected chi connectivity index (χ0v) is 14.9. The van der Waals surface area contributed by atoms with Crippen LogP contribution in [0, 0.1) is 5.92 Å². The molecule has 1 aromatic rings. The summed E-state index contributed by atoms with van der Waals surface area (Å²) in [5.41, 5.74) is 0. The van der Waals surface area contributed by atoms with Crippen molar-refractivity contribution in [1.29, 1.82) is 0 Å². The van der Waals surface area contributed by atoms with E-state index in [1.807, 2.05) is 20.8 Å². The van der Waals surface area contributed by atoms with Crippen LogP contribution in [0.4, 0.5) is 5.82 Å². The van der Waals surface area contributed by atoms with E-state index in [1.165, 1.54) is 0 Å². The molecule has 2 rings (SSSR count). The summed E-state index contributed by atoms with van der Waals surface area (Å²) in [6.45, 7) is 7.95. The summed E-state index contributed by atoms with van der Waals surface area (Å²) >= 11 is 0. The highest BCUT2D eigenvalue weighted by molar-refractivity contribution is 7.86. The Morgan fingerprint density at radius 2 is 2.04 bits per heavy atom. The van der Waals surface area contributed by atoms with Crippen molar-refractivity contribution in [1.82, 2.24) is 15.3 Å². The molecule has 1 aromatic heterocycles. The van der Waals surface area contributed by atoms with E-state index in [4.69, 9.17) is 0 Å². The fourth-order valence-corrected chi connectivity index (χ4v) is 3.44. The largest absolute Gasteiger partial charge is 0.355 e. The van der Waals surface area contributed by atoms with Gasteiger partial charge in [0.05, 0.1) is 6.20 Å². The van der Waals surface area contributed by atoms with Crippen molar-refractivity contribution in [3.8, 4) is 0 Å². The van der Waals surface area contributed by atoms with E-state index >= 15 is 0 Å². The number of nitrogens with one attached hydrogen (secondary N) is 1. The smallest absolute Gasteiger partial charge is 0.223 e. The molecule has 1 atom stereocenters. The molecule has 23 heavy (non-hydrogen) atoms. The maximum atomic E-state index is 12.2. The average molecular weight is 338 g/mol. The monoisotopic (exact) mass is 338 g/mol. The second-order valence-corrected chi connectivity index (χ2v) is 9.10. The maximum absolute atomic E-state index is 12.2. The Balaban J connectivity index is 1.73. The molecule has 2 heterocycles. The predicted octanol–water partition coefficient (Wildman–Crippen LogP) is 1.36. The van der Waals surface area contributed by atoms with Crippen LogP contribution in [0.1, 0.15) is 33.6 Å². The third kappa shape index (κ3) is 5.27. The Morgan fingerprint density at radius 1 is 1.35 bits per heavy atom. The third-order valence-corrected chi connectivity index (χ3v) is 5.95. The maximum Gasteiger partial charge on any atom is 0.223 e. The van der Waals surface area contributed by atoms with E-state index in [-0.39, 0.29) is 16.6 Å². The predicted molar refractivity (Wildman–Crippen MR) is 92.7 cm³/mol. The first kappa shape index (κ1) is 17.8. The highest BCUT2D eigenvalue weighted by atomic mass is 32.2. The molecule has 0 bridgehead atoms. The third-order valence-electron chi connectivity index (χ3n) is 4.01. The quantitative estimate of drug-likeness (QED) is 0.877. The molecule has 0 unspecified atom stereocenters. The molecule has 1 fully saturated rings. The molecule has 0 saturated carbocycles. The Hall–Kier alpha value is -1.50. The molecule has 1 aliphatic heterocycles. The summed E-state index contributed by atoms with van der Waals surface area (Å²) < 4.78 is 11.7. The molecule has 128 valence electrons. The van der Waals surface area contributed by atoms with Crippen LogP contribution in [0.15, 0.2) is 18.6 Å². The van der Waals surface area contributed by atoms with Crippen LogP contribution in [0.25, 0.3) is 0 Å². The van der Waals surface area contributed by atoms with Gasteiger partial charge in [0.15, 0.2) is 0 Å². The van der Waals surface area contributed by atoms with Gasteiger partial charge in [0.2, 0.25) is 5.91 Å². The van der Waals surface area contributed by atoms with Crippen molar-refractivity contribution >= 4 is 22.5 Å². The first-order valence-electron chi connectivity index (χ1n) is 8.05. The van der Waals surface area contributed by atoms with Gasteiger partial charge in [-0.05, 0) is 33.6 Å². The SMILES string of the molecule is CC(C)(C)[S@@](=O)CCNC(=O)C1CCN(c2cnccn2)CC1. The van der Waals surface area contributed by atoms with Crippen molar-refractivity contribution in [2.24, 2.45) is 5.92 Å². The molecule has 1 aliphatic rings. The zero-order chi connectivity index (χ0) is 16.9. The number of nitrogens with zero attached hydrogens (tertiary/aromatic N) is 3. The number of anilines is 1. The minimum Gasteiger partial charge on any atom is -0.355 e. The lowest BCUT2D eigenvalue weighted by Crippen LogP contribution is -2.42. The zero-order valence-electron chi connectivity index (χ0n) is 14.1. The fourth-order valence-electron chi connectivity index (χ4n) is 2.54. The molecule has 7 heteroatoms. The first-order valence-corrected chi connectivity index (χ1v) is 9.37. The van der Waals surface area contributed by atoms with Gasteiger partial charge in [-0.15, -0.1) is 0 Å². The van der Waals surface area contributed by atoms with Gasteiger partial charge < -0.3 is 10.2 Å². The van der Waals surface area contributed by atoms with Gasteiger partial charge in [0, 0.05) is 59.2 Å². The van der Waals surface area contributed by atoms with Gasteiger partial charge in [-0.2, -0.15) is 0 Å². The number of rotatable bonds is 5. The van der Waals surface area contributed by atoms with Gasteiger partial charge >= 0.3 is 0 Å². The van der Waals surface area contributed by atoms with E-state index in [9.17, 15) is 9.00 Å². The Kier molecular flexibility index (Phi) is 6.10. The second-order valence-electron chi connectivity index (χ2n) is 6.78. The van der Waals surface area contributed by atoms with Gasteiger partial charge in [0.1, 0.15) is 5.82 Å². The van der Waals surface area contributed by atoms with Gasteiger partial charge in [-0.25, -0.2) is 4.98 Å². The van der Waals surface area contributed by atoms with Crippen LogP contribution in [0.3, 0.4) is 0 Å². The molecule has 1 saturated heterocycles. The molecule has 0 aliphatic carbocycles. The number of carbonyl (C=O) groups is 1. The molecule has 0 radical (unpaired) electrons. The highest BCUT2D eigenvalue weighted by Gasteiger charge is 2.26. The van der Waals surface area contributed by atoms with E-state index in [1.54, 1.807) is 18.6 Å². The fraction of sp³-hybridized carbons (Fsp3) is 0.688. The van der Waals surface area contributed by atoms with Crippen LogP contribution in [-0.2, 0) is 15.6 Å². The average Bonchev–Trinajstić information content (AvgIpc) is 2.54. The van der Waals surface area contributed by atoms with Crippen LogP contribution >= 0.6 is 0 Å². The second kappa shape index (κ2) is 7.86. The first-order chi connectivity index (χ1) is 10.9. The molecular weight excluding hydrogens is 312 g/mol. The normalized spacial score (nSPS) is 17.8. The summed E-state index contributed by atoms with van der Waals surface area (Å²) in [5.74, 6) is 1.49. The summed E-state index contributed by atoms with van der Waals surface area (Å²) in [7, 11) is -0.927. The molecule has 1 amide bonds. The van der Waals surface area contributed by atoms with Crippen LogP contribution < -0.4 is 10.2 Å². The highest BCUT2D eigenvalue weighted by Crippen LogP contribution is 2.21. The van der Waals surface area contributed by atoms with E-state index in [0.29, 0.717) is 12.3 Å². The summed E-state index contributed by atoms with van der Waals surface area (Å²) in [6.07, 6.45) is 6.71. The van der Waals surface area contributed by atoms with Crippen LogP contribution in [-0.4, -0.2) is 50.2 Å². The van der Waals surface area contributed by atoms with E-state index < -0.39 is 10.8 Å². The van der Waals surface area contributed by atoms with E-state index in [0.717, 1.165) is 31.7 Å². The minimum absolute atomic E-state index is 0.0333. The van der Waals surface area contributed by atoms with Crippen LogP contribution in [0.2, 0.25) is 0 Å². The lowest BCUT2D eigenvalue weighted by molar-refractivity contribution is -0.125. The number of carbonyl (C=O) groups excluding carboxylic acids is 1. The topological polar surface area (TPSA) is 75.2 Å². The molecule has 0 spiro atoms. The molecule has 0 aromatic carbocycles. The van der Waals surface area contributed by atoms with Crippen molar-refractivity contribution in [3.05, 3.63) is 18.6 Å². The van der Waals surface area contributed by atoms with Gasteiger partial charge in [-0.3, -0.25) is 14.0 Å². The summed E-state index contributed by atoms with van der Waals surface area (Å²) in [5, 5.41) is 2.93. The van der Waals surface area contributed by atoms with Crippen molar-refractivity contribution < 1.29 is 9.00 Å². The van der Waals surface area contributed by atoms with Crippen molar-refractivity contribution in [3.63, 3.8) is 0 Å². The Morgan fingerprint density at radius 3 is 2.61 bits per heavy atom. The van der Waals surface area contributed by atoms with E-state index in [2.05, 4.69) is 20.2 Å².